The van der Waals surface area contributed by atoms with E-state index < -0.39 is 29.8 Å². The maximum Gasteiger partial charge on any atom is 0.330 e. The van der Waals surface area contributed by atoms with Crippen LogP contribution in [0, 0.1) is 5.82 Å². The number of hydrogen-bond acceptors (Lipinski definition) is 4. The lowest BCUT2D eigenvalue weighted by molar-refractivity contribution is -0.143. The van der Waals surface area contributed by atoms with Gasteiger partial charge in [-0.25, -0.2) is 9.18 Å². The summed E-state index contributed by atoms with van der Waals surface area (Å²) in [7, 11) is 1.30. The molecular weight excluding hydrogens is 377 g/mol. The zero-order valence-electron chi connectivity index (χ0n) is 14.7. The molecule has 2 aromatic rings. The van der Waals surface area contributed by atoms with Crippen LogP contribution in [0.25, 0.3) is 0 Å². The number of methoxy groups -OCH3 is 1. The maximum absolute atomic E-state index is 13.9. The predicted octanol–water partition coefficient (Wildman–Crippen LogP) is 3.59. The minimum Gasteiger partial charge on any atom is -0.494 e. The summed E-state index contributed by atoms with van der Waals surface area (Å²) in [6, 6.07) is 8.87. The molecule has 0 radical (unpaired) electrons. The Morgan fingerprint density at radius 2 is 1.93 bits per heavy atom. The molecule has 2 rings (SSSR count). The number of carbonyl (C=O) groups excluding carboxylic acids is 1. The Bertz CT molecular complexity index is 829. The zero-order valence-corrected chi connectivity index (χ0v) is 15.5. The molecule has 0 saturated heterocycles. The fourth-order valence-corrected chi connectivity index (χ4v) is 2.58. The molecule has 2 atom stereocenters. The number of carboxylic acids is 1. The van der Waals surface area contributed by atoms with Crippen molar-refractivity contribution < 1.29 is 28.6 Å². The van der Waals surface area contributed by atoms with E-state index in [1.54, 1.807) is 31.2 Å². The van der Waals surface area contributed by atoms with Crippen LogP contribution in [-0.4, -0.2) is 30.2 Å². The minimum atomic E-state index is -1.44. The van der Waals surface area contributed by atoms with E-state index in [4.69, 9.17) is 21.1 Å². The van der Waals surface area contributed by atoms with Gasteiger partial charge in [-0.2, -0.15) is 0 Å². The van der Waals surface area contributed by atoms with E-state index in [2.05, 4.69) is 5.32 Å². The molecule has 2 N–H and O–H groups in total. The summed E-state index contributed by atoms with van der Waals surface area (Å²) in [6.45, 7) is 1.71. The van der Waals surface area contributed by atoms with E-state index in [0.717, 1.165) is 6.07 Å². The van der Waals surface area contributed by atoms with Crippen LogP contribution < -0.4 is 14.8 Å². The topological polar surface area (TPSA) is 84.9 Å². The van der Waals surface area contributed by atoms with E-state index >= 15 is 0 Å². The van der Waals surface area contributed by atoms with Crippen LogP contribution in [0.5, 0.6) is 11.5 Å². The van der Waals surface area contributed by atoms with Gasteiger partial charge in [0.2, 0.25) is 0 Å². The highest BCUT2D eigenvalue weighted by molar-refractivity contribution is 6.32. The van der Waals surface area contributed by atoms with Gasteiger partial charge in [0, 0.05) is 0 Å². The van der Waals surface area contributed by atoms with Gasteiger partial charge in [0.25, 0.3) is 5.91 Å². The molecule has 0 bridgehead atoms. The Kier molecular flexibility index (Phi) is 7.01. The Balaban J connectivity index is 2.19. The number of carbonyl (C=O) groups is 2. The normalized spacial score (nSPS) is 12.7. The number of halogens is 2. The number of aliphatic carboxylic acids is 1. The fraction of sp³-hybridized carbons (Fsp3) is 0.263. The largest absolute Gasteiger partial charge is 0.494 e. The lowest BCUT2D eigenvalue weighted by Gasteiger charge is -2.21. The molecule has 0 fully saturated rings. The van der Waals surface area contributed by atoms with Gasteiger partial charge in [-0.3, -0.25) is 4.79 Å². The molecule has 2 unspecified atom stereocenters. The Morgan fingerprint density at radius 3 is 2.48 bits per heavy atom. The van der Waals surface area contributed by atoms with Crippen LogP contribution in [0.15, 0.2) is 42.5 Å². The molecule has 27 heavy (non-hydrogen) atoms. The highest BCUT2D eigenvalue weighted by Crippen LogP contribution is 2.26. The summed E-state index contributed by atoms with van der Waals surface area (Å²) in [4.78, 5) is 24.1. The van der Waals surface area contributed by atoms with Crippen molar-refractivity contribution >= 4 is 23.5 Å². The van der Waals surface area contributed by atoms with Crippen molar-refractivity contribution in [1.29, 1.82) is 0 Å². The van der Waals surface area contributed by atoms with E-state index in [1.165, 1.54) is 19.2 Å². The number of rotatable bonds is 8. The van der Waals surface area contributed by atoms with Crippen molar-refractivity contribution in [1.82, 2.24) is 5.32 Å². The molecule has 0 spiro atoms. The highest BCUT2D eigenvalue weighted by atomic mass is 35.5. The summed E-state index contributed by atoms with van der Waals surface area (Å²) in [5.74, 6) is -2.43. The number of amides is 1. The first-order chi connectivity index (χ1) is 12.9. The average Bonchev–Trinajstić information content (AvgIpc) is 2.65. The summed E-state index contributed by atoms with van der Waals surface area (Å²) in [6.07, 6.45) is -0.685. The third-order valence-corrected chi connectivity index (χ3v) is 4.12. The Labute approximate surface area is 160 Å². The van der Waals surface area contributed by atoms with Gasteiger partial charge in [-0.05, 0) is 36.2 Å². The minimum absolute atomic E-state index is 0.0253. The molecule has 0 aliphatic heterocycles. The van der Waals surface area contributed by atoms with Crippen LogP contribution in [0.3, 0.4) is 0 Å². The predicted molar refractivity (Wildman–Crippen MR) is 97.6 cm³/mol. The standard InChI is InChI=1S/C19H19ClFNO5/c1-3-14(27-15-7-5-4-6-12(15)20)18(23)22-17(19(24)25)11-8-9-16(26-2)13(21)10-11/h4-10,14,17H,3H2,1-2H3,(H,22,23)(H,24,25). The van der Waals surface area contributed by atoms with E-state index in [1.807, 2.05) is 0 Å². The molecule has 0 aromatic heterocycles. The fourth-order valence-electron chi connectivity index (χ4n) is 2.40. The van der Waals surface area contributed by atoms with Gasteiger partial charge in [0.1, 0.15) is 5.75 Å². The second-order valence-corrected chi connectivity index (χ2v) is 6.03. The number of ether oxygens (including phenoxy) is 2. The van der Waals surface area contributed by atoms with Gasteiger partial charge in [0.15, 0.2) is 23.7 Å². The van der Waals surface area contributed by atoms with Gasteiger partial charge < -0.3 is 19.9 Å². The van der Waals surface area contributed by atoms with Crippen molar-refractivity contribution in [3.8, 4) is 11.5 Å². The smallest absolute Gasteiger partial charge is 0.330 e. The number of nitrogens with one attached hydrogen (secondary N) is 1. The lowest BCUT2D eigenvalue weighted by Crippen LogP contribution is -2.42. The molecule has 2 aromatic carbocycles. The first kappa shape index (κ1) is 20.5. The second kappa shape index (κ2) is 9.23. The monoisotopic (exact) mass is 395 g/mol. The van der Waals surface area contributed by atoms with Crippen LogP contribution in [0.2, 0.25) is 5.02 Å². The number of hydrogen-bond donors (Lipinski definition) is 2. The van der Waals surface area contributed by atoms with Crippen LogP contribution in [0.4, 0.5) is 4.39 Å². The van der Waals surface area contributed by atoms with Crippen molar-refractivity contribution in [3.05, 3.63) is 58.9 Å². The second-order valence-electron chi connectivity index (χ2n) is 5.62. The summed E-state index contributed by atoms with van der Waals surface area (Å²) in [5, 5.41) is 12.2. The van der Waals surface area contributed by atoms with Gasteiger partial charge in [-0.1, -0.05) is 36.7 Å². The van der Waals surface area contributed by atoms with Gasteiger partial charge >= 0.3 is 5.97 Å². The quantitative estimate of drug-likeness (QED) is 0.713. The van der Waals surface area contributed by atoms with Crippen molar-refractivity contribution in [2.75, 3.05) is 7.11 Å². The summed E-state index contributed by atoms with van der Waals surface area (Å²) < 4.78 is 24.3. The average molecular weight is 396 g/mol. The maximum atomic E-state index is 13.9. The molecule has 0 aliphatic rings. The third-order valence-electron chi connectivity index (χ3n) is 3.81. The molecule has 1 amide bonds. The van der Waals surface area contributed by atoms with E-state index in [9.17, 15) is 19.1 Å². The lowest BCUT2D eigenvalue weighted by atomic mass is 10.1. The summed E-state index contributed by atoms with van der Waals surface area (Å²) >= 11 is 6.02. The van der Waals surface area contributed by atoms with Gasteiger partial charge in [0.05, 0.1) is 12.1 Å². The highest BCUT2D eigenvalue weighted by Gasteiger charge is 2.28. The van der Waals surface area contributed by atoms with Gasteiger partial charge in [-0.15, -0.1) is 0 Å². The van der Waals surface area contributed by atoms with E-state index in [0.29, 0.717) is 10.8 Å². The van der Waals surface area contributed by atoms with Crippen molar-refractivity contribution in [2.24, 2.45) is 0 Å². The molecule has 6 nitrogen and oxygen atoms in total. The molecule has 0 saturated carbocycles. The molecule has 0 aliphatic carbocycles. The van der Waals surface area contributed by atoms with Crippen LogP contribution in [0.1, 0.15) is 24.9 Å². The van der Waals surface area contributed by atoms with Crippen LogP contribution >= 0.6 is 11.6 Å². The SMILES string of the molecule is CCC(Oc1ccccc1Cl)C(=O)NC(C(=O)O)c1ccc(OC)c(F)c1. The molecule has 8 heteroatoms. The summed E-state index contributed by atoms with van der Waals surface area (Å²) in [5.41, 5.74) is 0.0711. The third kappa shape index (κ3) is 5.10. The molecule has 144 valence electrons. The Morgan fingerprint density at radius 1 is 1.22 bits per heavy atom. The molecular formula is C19H19ClFNO5. The zero-order chi connectivity index (χ0) is 20.0. The number of carboxylic acid groups (broad SMARTS) is 1. The van der Waals surface area contributed by atoms with E-state index in [-0.39, 0.29) is 17.7 Å². The van der Waals surface area contributed by atoms with Crippen molar-refractivity contribution in [3.63, 3.8) is 0 Å². The number of para-hydroxylation sites is 1. The van der Waals surface area contributed by atoms with Crippen molar-refractivity contribution in [2.45, 2.75) is 25.5 Å². The Hall–Kier alpha value is -2.80. The van der Waals surface area contributed by atoms with Crippen LogP contribution in [-0.2, 0) is 9.59 Å². The first-order valence-electron chi connectivity index (χ1n) is 8.15. The first-order valence-corrected chi connectivity index (χ1v) is 8.53. The molecule has 0 heterocycles. The number of benzene rings is 2.